The molecule has 0 bridgehead atoms. The molecule has 0 aromatic heterocycles. The van der Waals surface area contributed by atoms with Crippen molar-refractivity contribution in [2.45, 2.75) is 12.8 Å². The SMILES string of the molecule is O=C(O)CC(=O)Cc1cccc2ccccc12. The third-order valence-electron chi connectivity index (χ3n) is 2.62. The minimum atomic E-state index is -1.07. The van der Waals surface area contributed by atoms with Gasteiger partial charge in [0.15, 0.2) is 0 Å². The Morgan fingerprint density at radius 1 is 1.00 bits per heavy atom. The Kier molecular flexibility index (Phi) is 3.19. The van der Waals surface area contributed by atoms with Crippen molar-refractivity contribution in [1.82, 2.24) is 0 Å². The second kappa shape index (κ2) is 4.78. The maximum Gasteiger partial charge on any atom is 0.310 e. The van der Waals surface area contributed by atoms with Crippen molar-refractivity contribution in [3.63, 3.8) is 0 Å². The predicted molar refractivity (Wildman–Crippen MR) is 64.9 cm³/mol. The van der Waals surface area contributed by atoms with Gasteiger partial charge >= 0.3 is 5.97 Å². The van der Waals surface area contributed by atoms with Crippen LogP contribution in [0.3, 0.4) is 0 Å². The van der Waals surface area contributed by atoms with Gasteiger partial charge in [-0.25, -0.2) is 0 Å². The van der Waals surface area contributed by atoms with Crippen LogP contribution in [0.1, 0.15) is 12.0 Å². The molecule has 0 saturated carbocycles. The smallest absolute Gasteiger partial charge is 0.310 e. The van der Waals surface area contributed by atoms with Crippen molar-refractivity contribution in [3.8, 4) is 0 Å². The summed E-state index contributed by atoms with van der Waals surface area (Å²) in [7, 11) is 0. The number of rotatable bonds is 4. The lowest BCUT2D eigenvalue weighted by Crippen LogP contribution is -2.09. The van der Waals surface area contributed by atoms with Crippen LogP contribution in [-0.2, 0) is 16.0 Å². The number of fused-ring (bicyclic) bond motifs is 1. The van der Waals surface area contributed by atoms with Gasteiger partial charge in [0.05, 0.1) is 0 Å². The molecule has 0 amide bonds. The molecule has 86 valence electrons. The third kappa shape index (κ3) is 2.69. The summed E-state index contributed by atoms with van der Waals surface area (Å²) >= 11 is 0. The Labute approximate surface area is 98.7 Å². The second-order valence-corrected chi connectivity index (χ2v) is 3.92. The predicted octanol–water partition coefficient (Wildman–Crippen LogP) is 2.43. The molecule has 0 aliphatic heterocycles. The fraction of sp³-hybridized carbons (Fsp3) is 0.143. The number of carboxylic acid groups (broad SMARTS) is 1. The van der Waals surface area contributed by atoms with E-state index in [-0.39, 0.29) is 12.2 Å². The Morgan fingerprint density at radius 2 is 1.71 bits per heavy atom. The topological polar surface area (TPSA) is 54.4 Å². The number of benzene rings is 2. The quantitative estimate of drug-likeness (QED) is 0.817. The second-order valence-electron chi connectivity index (χ2n) is 3.92. The van der Waals surface area contributed by atoms with Crippen LogP contribution in [0.4, 0.5) is 0 Å². The van der Waals surface area contributed by atoms with Crippen LogP contribution in [0.15, 0.2) is 42.5 Å². The maximum atomic E-state index is 11.5. The average molecular weight is 228 g/mol. The van der Waals surface area contributed by atoms with Gasteiger partial charge in [-0.15, -0.1) is 0 Å². The number of carboxylic acids is 1. The first kappa shape index (κ1) is 11.3. The highest BCUT2D eigenvalue weighted by Gasteiger charge is 2.10. The lowest BCUT2D eigenvalue weighted by atomic mass is 10.00. The number of Topliss-reactive ketones (excluding diaryl/α,β-unsaturated/α-hetero) is 1. The van der Waals surface area contributed by atoms with Crippen LogP contribution in [0.2, 0.25) is 0 Å². The van der Waals surface area contributed by atoms with Crippen molar-refractivity contribution in [3.05, 3.63) is 48.0 Å². The summed E-state index contributed by atoms with van der Waals surface area (Å²) in [5.74, 6) is -1.34. The monoisotopic (exact) mass is 228 g/mol. The van der Waals surface area contributed by atoms with Crippen molar-refractivity contribution < 1.29 is 14.7 Å². The Morgan fingerprint density at radius 3 is 2.47 bits per heavy atom. The molecule has 0 fully saturated rings. The highest BCUT2D eigenvalue weighted by molar-refractivity contribution is 5.98. The van der Waals surface area contributed by atoms with Crippen molar-refractivity contribution >= 4 is 22.5 Å². The molecule has 1 N–H and O–H groups in total. The zero-order valence-corrected chi connectivity index (χ0v) is 9.22. The molecule has 17 heavy (non-hydrogen) atoms. The van der Waals surface area contributed by atoms with Crippen LogP contribution in [0.5, 0.6) is 0 Å². The van der Waals surface area contributed by atoms with E-state index in [9.17, 15) is 9.59 Å². The normalized spacial score (nSPS) is 10.4. The van der Waals surface area contributed by atoms with Gasteiger partial charge in [-0.2, -0.15) is 0 Å². The molecule has 0 spiro atoms. The highest BCUT2D eigenvalue weighted by atomic mass is 16.4. The molecule has 2 rings (SSSR count). The summed E-state index contributed by atoms with van der Waals surface area (Å²) in [6, 6.07) is 13.5. The first-order valence-electron chi connectivity index (χ1n) is 5.37. The third-order valence-corrected chi connectivity index (χ3v) is 2.62. The van der Waals surface area contributed by atoms with Crippen molar-refractivity contribution in [2.24, 2.45) is 0 Å². The lowest BCUT2D eigenvalue weighted by molar-refractivity contribution is -0.140. The number of aliphatic carboxylic acids is 1. The van der Waals surface area contributed by atoms with Gasteiger partial charge in [-0.3, -0.25) is 9.59 Å². The van der Waals surface area contributed by atoms with E-state index in [1.807, 2.05) is 42.5 Å². The van der Waals surface area contributed by atoms with Crippen LogP contribution >= 0.6 is 0 Å². The van der Waals surface area contributed by atoms with E-state index < -0.39 is 12.4 Å². The Hall–Kier alpha value is -2.16. The number of hydrogen-bond donors (Lipinski definition) is 1. The van der Waals surface area contributed by atoms with E-state index in [4.69, 9.17) is 5.11 Å². The van der Waals surface area contributed by atoms with Crippen molar-refractivity contribution in [2.75, 3.05) is 0 Å². The first-order chi connectivity index (χ1) is 8.16. The highest BCUT2D eigenvalue weighted by Crippen LogP contribution is 2.19. The summed E-state index contributed by atoms with van der Waals surface area (Å²) in [4.78, 5) is 21.9. The summed E-state index contributed by atoms with van der Waals surface area (Å²) in [6.07, 6.45) is -0.239. The molecule has 0 heterocycles. The largest absolute Gasteiger partial charge is 0.481 e. The van der Waals surface area contributed by atoms with Crippen molar-refractivity contribution in [1.29, 1.82) is 0 Å². The van der Waals surface area contributed by atoms with E-state index in [1.165, 1.54) is 0 Å². The molecule has 3 heteroatoms. The van der Waals surface area contributed by atoms with Gasteiger partial charge in [-0.1, -0.05) is 42.5 Å². The molecule has 0 aliphatic rings. The van der Waals surface area contributed by atoms with Crippen LogP contribution < -0.4 is 0 Å². The molecule has 0 aliphatic carbocycles. The number of carbonyl (C=O) groups is 2. The van der Waals surface area contributed by atoms with E-state index in [0.717, 1.165) is 16.3 Å². The summed E-state index contributed by atoms with van der Waals surface area (Å²) in [5, 5.41) is 10.6. The minimum absolute atomic E-state index is 0.174. The van der Waals surface area contributed by atoms with Gasteiger partial charge in [0.25, 0.3) is 0 Å². The zero-order chi connectivity index (χ0) is 12.3. The zero-order valence-electron chi connectivity index (χ0n) is 9.22. The molecule has 2 aromatic rings. The molecule has 0 unspecified atom stereocenters. The summed E-state index contributed by atoms with van der Waals surface area (Å²) in [5.41, 5.74) is 0.884. The van der Waals surface area contributed by atoms with Gasteiger partial charge < -0.3 is 5.11 Å². The maximum absolute atomic E-state index is 11.5. The van der Waals surface area contributed by atoms with Gasteiger partial charge in [0.2, 0.25) is 0 Å². The summed E-state index contributed by atoms with van der Waals surface area (Å²) < 4.78 is 0. The average Bonchev–Trinajstić information content (AvgIpc) is 2.28. The van der Waals surface area contributed by atoms with Gasteiger partial charge in [0.1, 0.15) is 12.2 Å². The van der Waals surface area contributed by atoms with Crippen LogP contribution in [-0.4, -0.2) is 16.9 Å². The lowest BCUT2D eigenvalue weighted by Gasteiger charge is -2.04. The molecule has 0 radical (unpaired) electrons. The van der Waals surface area contributed by atoms with E-state index in [2.05, 4.69) is 0 Å². The standard InChI is InChI=1S/C14H12O3/c15-12(9-14(16)17)8-11-6-3-5-10-4-1-2-7-13(10)11/h1-7H,8-9H2,(H,16,17). The number of carbonyl (C=O) groups excluding carboxylic acids is 1. The Bertz CT molecular complexity index is 567. The Balaban J connectivity index is 2.30. The minimum Gasteiger partial charge on any atom is -0.481 e. The number of ketones is 1. The summed E-state index contributed by atoms with van der Waals surface area (Å²) in [6.45, 7) is 0. The molecule has 3 nitrogen and oxygen atoms in total. The van der Waals surface area contributed by atoms with Crippen LogP contribution in [0.25, 0.3) is 10.8 Å². The van der Waals surface area contributed by atoms with Gasteiger partial charge in [0, 0.05) is 6.42 Å². The fourth-order valence-electron chi connectivity index (χ4n) is 1.89. The molecule has 0 atom stereocenters. The molecular formula is C14H12O3. The fourth-order valence-corrected chi connectivity index (χ4v) is 1.89. The van der Waals surface area contributed by atoms with Crippen LogP contribution in [0, 0.1) is 0 Å². The van der Waals surface area contributed by atoms with E-state index >= 15 is 0 Å². The van der Waals surface area contributed by atoms with Gasteiger partial charge in [-0.05, 0) is 16.3 Å². The van der Waals surface area contributed by atoms with E-state index in [1.54, 1.807) is 0 Å². The van der Waals surface area contributed by atoms with E-state index in [0.29, 0.717) is 0 Å². The molecule has 0 saturated heterocycles. The molecule has 2 aromatic carbocycles. The molecular weight excluding hydrogens is 216 g/mol. The first-order valence-corrected chi connectivity index (χ1v) is 5.37. The number of hydrogen-bond acceptors (Lipinski definition) is 2.